The molecule has 3 atom stereocenters. The lowest BCUT2D eigenvalue weighted by atomic mass is 9.75. The molecule has 2 fully saturated rings. The molecule has 1 aromatic heterocycles. The maximum Gasteiger partial charge on any atom is 0.400 e. The van der Waals surface area contributed by atoms with Crippen LogP contribution in [0.1, 0.15) is 44.6 Å². The Morgan fingerprint density at radius 3 is 2.47 bits per heavy atom. The van der Waals surface area contributed by atoms with Gasteiger partial charge in [-0.05, 0) is 57.1 Å². The second-order valence-electron chi connectivity index (χ2n) is 8.85. The van der Waals surface area contributed by atoms with E-state index in [1.165, 1.54) is 4.90 Å². The molecular formula is C22H26F3N3O2. The first-order valence-electron chi connectivity index (χ1n) is 10.4. The number of aryl methyl sites for hydroxylation is 1. The van der Waals surface area contributed by atoms with E-state index in [1.807, 2.05) is 38.1 Å². The van der Waals surface area contributed by atoms with Crippen LogP contribution >= 0.6 is 0 Å². The van der Waals surface area contributed by atoms with Gasteiger partial charge in [0.2, 0.25) is 17.7 Å². The van der Waals surface area contributed by atoms with Crippen LogP contribution in [-0.4, -0.2) is 40.3 Å². The normalized spacial score (nSPS) is 24.5. The Morgan fingerprint density at radius 1 is 1.23 bits per heavy atom. The van der Waals surface area contributed by atoms with E-state index in [9.17, 15) is 18.0 Å². The van der Waals surface area contributed by atoms with Crippen LogP contribution in [0.5, 0.6) is 0 Å². The minimum Gasteiger partial charge on any atom is -0.420 e. The Labute approximate surface area is 173 Å². The van der Waals surface area contributed by atoms with E-state index in [2.05, 4.69) is 10.2 Å². The summed E-state index contributed by atoms with van der Waals surface area (Å²) in [5.41, 5.74) is 1.79. The lowest BCUT2D eigenvalue weighted by molar-refractivity contribution is -0.187. The zero-order chi connectivity index (χ0) is 21.7. The predicted octanol–water partition coefficient (Wildman–Crippen LogP) is 4.76. The summed E-state index contributed by atoms with van der Waals surface area (Å²) < 4.78 is 44.9. The van der Waals surface area contributed by atoms with Gasteiger partial charge in [-0.3, -0.25) is 4.79 Å². The van der Waals surface area contributed by atoms with E-state index in [4.69, 9.17) is 4.42 Å². The van der Waals surface area contributed by atoms with Gasteiger partial charge in [0.15, 0.2) is 0 Å². The average Bonchev–Trinajstić information content (AvgIpc) is 3.35. The second-order valence-corrected chi connectivity index (χ2v) is 8.85. The summed E-state index contributed by atoms with van der Waals surface area (Å²) in [5, 5.41) is 8.56. The first-order valence-corrected chi connectivity index (χ1v) is 10.4. The molecule has 1 saturated heterocycles. The van der Waals surface area contributed by atoms with Gasteiger partial charge in [-0.2, -0.15) is 13.2 Å². The van der Waals surface area contributed by atoms with Gasteiger partial charge in [-0.25, -0.2) is 0 Å². The van der Waals surface area contributed by atoms with Crippen molar-refractivity contribution in [1.29, 1.82) is 0 Å². The lowest BCUT2D eigenvalue weighted by Crippen LogP contribution is -2.49. The Bertz CT molecular complexity index is 918. The van der Waals surface area contributed by atoms with E-state index in [0.717, 1.165) is 30.9 Å². The number of carbonyl (C=O) groups is 1. The minimum absolute atomic E-state index is 0.0559. The van der Waals surface area contributed by atoms with Crippen LogP contribution in [0.15, 0.2) is 28.7 Å². The number of hydrogen-bond acceptors (Lipinski definition) is 4. The number of nitrogens with zero attached hydrogens (tertiary/aromatic N) is 3. The summed E-state index contributed by atoms with van der Waals surface area (Å²) in [6.45, 7) is 5.60. The molecule has 0 radical (unpaired) electrons. The molecule has 2 aromatic rings. The van der Waals surface area contributed by atoms with Crippen molar-refractivity contribution >= 4 is 5.91 Å². The quantitative estimate of drug-likeness (QED) is 0.714. The molecule has 0 N–H and O–H groups in total. The van der Waals surface area contributed by atoms with Crippen LogP contribution in [0.3, 0.4) is 0 Å². The number of alkyl halides is 3. The highest BCUT2D eigenvalue weighted by atomic mass is 19.4. The molecule has 2 heterocycles. The number of amides is 1. The van der Waals surface area contributed by atoms with E-state index >= 15 is 0 Å². The van der Waals surface area contributed by atoms with E-state index in [1.54, 1.807) is 0 Å². The third-order valence-electron chi connectivity index (χ3n) is 6.73. The van der Waals surface area contributed by atoms with Crippen molar-refractivity contribution in [2.24, 2.45) is 17.8 Å². The first-order chi connectivity index (χ1) is 14.1. The smallest absolute Gasteiger partial charge is 0.400 e. The number of rotatable bonds is 4. The largest absolute Gasteiger partial charge is 0.420 e. The van der Waals surface area contributed by atoms with E-state index < -0.39 is 18.0 Å². The number of piperidine rings is 1. The third-order valence-corrected chi connectivity index (χ3v) is 6.73. The topological polar surface area (TPSA) is 59.2 Å². The molecule has 2 unspecified atom stereocenters. The number of halogens is 3. The van der Waals surface area contributed by atoms with E-state index in [0.29, 0.717) is 31.3 Å². The molecule has 162 valence electrons. The summed E-state index contributed by atoms with van der Waals surface area (Å²) in [4.78, 5) is 13.6. The van der Waals surface area contributed by atoms with Crippen molar-refractivity contribution < 1.29 is 22.4 Å². The highest BCUT2D eigenvalue weighted by Crippen LogP contribution is 2.58. The van der Waals surface area contributed by atoms with Gasteiger partial charge in [-0.1, -0.05) is 24.6 Å². The van der Waals surface area contributed by atoms with Gasteiger partial charge in [0, 0.05) is 18.7 Å². The van der Waals surface area contributed by atoms with Gasteiger partial charge < -0.3 is 9.32 Å². The molecule has 1 aliphatic heterocycles. The molecule has 0 bridgehead atoms. The summed E-state index contributed by atoms with van der Waals surface area (Å²) in [6.07, 6.45) is -2.03. The predicted molar refractivity (Wildman–Crippen MR) is 104 cm³/mol. The second kappa shape index (κ2) is 7.39. The van der Waals surface area contributed by atoms with Gasteiger partial charge >= 0.3 is 6.18 Å². The fourth-order valence-electron chi connectivity index (χ4n) is 4.70. The standard InChI is InChI=1S/C22H26F3N3O2/c1-13-4-6-16(7-5-13)18-26-27-20(30-18)21(9-10-21)17-8-11-28(12-14(17)2)19(29)15(3)22(23,24)25/h4-7,14-15,17H,8-12H2,1-3H3/t14?,15-,17?/m0/s1. The van der Waals surface area contributed by atoms with Crippen LogP contribution in [-0.2, 0) is 10.2 Å². The van der Waals surface area contributed by atoms with Crippen LogP contribution < -0.4 is 0 Å². The van der Waals surface area contributed by atoms with Crippen molar-refractivity contribution in [2.45, 2.75) is 51.6 Å². The molecule has 4 rings (SSSR count). The fourth-order valence-corrected chi connectivity index (χ4v) is 4.70. The molecule has 1 aliphatic carbocycles. The molecule has 1 saturated carbocycles. The van der Waals surface area contributed by atoms with Crippen LogP contribution in [0.25, 0.3) is 11.5 Å². The highest BCUT2D eigenvalue weighted by molar-refractivity contribution is 5.79. The summed E-state index contributed by atoms with van der Waals surface area (Å²) in [7, 11) is 0. The Hall–Kier alpha value is -2.38. The monoisotopic (exact) mass is 421 g/mol. The molecule has 1 amide bonds. The molecule has 30 heavy (non-hydrogen) atoms. The maximum absolute atomic E-state index is 12.9. The third kappa shape index (κ3) is 3.72. The lowest BCUT2D eigenvalue weighted by Gasteiger charge is -2.41. The van der Waals surface area contributed by atoms with Crippen molar-refractivity contribution in [3.63, 3.8) is 0 Å². The van der Waals surface area contributed by atoms with Crippen LogP contribution in [0.4, 0.5) is 13.2 Å². The molecular weight excluding hydrogens is 395 g/mol. The summed E-state index contributed by atoms with van der Waals surface area (Å²) >= 11 is 0. The molecule has 5 nitrogen and oxygen atoms in total. The Kier molecular flexibility index (Phi) is 5.14. The fraction of sp³-hybridized carbons (Fsp3) is 0.591. The number of carbonyl (C=O) groups excluding carboxylic acids is 1. The molecule has 2 aliphatic rings. The van der Waals surface area contributed by atoms with Crippen molar-refractivity contribution in [1.82, 2.24) is 15.1 Å². The Balaban J connectivity index is 1.48. The molecule has 0 spiro atoms. The van der Waals surface area contributed by atoms with E-state index in [-0.39, 0.29) is 17.3 Å². The van der Waals surface area contributed by atoms with Crippen LogP contribution in [0.2, 0.25) is 0 Å². The van der Waals surface area contributed by atoms with Crippen molar-refractivity contribution in [2.75, 3.05) is 13.1 Å². The zero-order valence-corrected chi connectivity index (χ0v) is 17.4. The minimum atomic E-state index is -4.51. The SMILES string of the molecule is Cc1ccc(-c2nnc(C3(C4CCN(C(=O)[C@H](C)C(F)(F)F)CC4C)CC3)o2)cc1. The van der Waals surface area contributed by atoms with Gasteiger partial charge in [-0.15, -0.1) is 10.2 Å². The van der Waals surface area contributed by atoms with Gasteiger partial charge in [0.05, 0.1) is 5.41 Å². The molecule has 8 heteroatoms. The maximum atomic E-state index is 12.9. The summed E-state index contributed by atoms with van der Waals surface area (Å²) in [5.74, 6) is -1.45. The van der Waals surface area contributed by atoms with Crippen LogP contribution in [0, 0.1) is 24.7 Å². The average molecular weight is 421 g/mol. The number of benzene rings is 1. The zero-order valence-electron chi connectivity index (χ0n) is 17.4. The molecule has 1 aromatic carbocycles. The van der Waals surface area contributed by atoms with Gasteiger partial charge in [0.1, 0.15) is 5.92 Å². The van der Waals surface area contributed by atoms with Crippen molar-refractivity contribution in [3.8, 4) is 11.5 Å². The Morgan fingerprint density at radius 2 is 1.90 bits per heavy atom. The number of aromatic nitrogens is 2. The van der Waals surface area contributed by atoms with Gasteiger partial charge in [0.25, 0.3) is 0 Å². The van der Waals surface area contributed by atoms with Crippen molar-refractivity contribution in [3.05, 3.63) is 35.7 Å². The highest BCUT2D eigenvalue weighted by Gasteiger charge is 2.57. The number of hydrogen-bond donors (Lipinski definition) is 0. The first kappa shape index (κ1) is 20.9. The summed E-state index contributed by atoms with van der Waals surface area (Å²) in [6, 6.07) is 7.87. The number of likely N-dealkylation sites (tertiary alicyclic amines) is 1.